The van der Waals surface area contributed by atoms with Gasteiger partial charge in [-0.3, -0.25) is 43.2 Å². The van der Waals surface area contributed by atoms with E-state index in [9.17, 15) is 63.6 Å². The van der Waals surface area contributed by atoms with Crippen molar-refractivity contribution >= 4 is 59.3 Å². The Balaban J connectivity index is 0.649. The highest BCUT2D eigenvalue weighted by atomic mass is 16.6. The number of ether oxygens (including phenoxy) is 5. The Morgan fingerprint density at radius 3 is 1.89 bits per heavy atom. The van der Waals surface area contributed by atoms with Crippen LogP contribution < -0.4 is 36.6 Å². The minimum absolute atomic E-state index is 0.0184. The molecule has 0 aromatic heterocycles. The van der Waals surface area contributed by atoms with Crippen LogP contribution >= 0.6 is 0 Å². The molecular weight excluding hydrogens is 1370 g/mol. The summed E-state index contributed by atoms with van der Waals surface area (Å²) in [5.74, 6) is -6.78. The standard InChI is InChI=1S/C81H85N7O19/c89-60-22-25-64-68(46-60)106-69-47-61(90)23-26-65(69)81(64)63-24-21-57(42-62(63)78(101)107-81)75(98)83-31-7-35-103-37-39-105-40-38-104-36-8-32-84-76(99)66-29-33-82-70(91)27-28-72(93)88-34-6-30-80(50-88,48-52-9-2-1-3-10-52)79(102)87-67(77(100)85-49-58-12-5-4-11-56(58)43-71(92)86-66)41-51-13-15-53(16-14-51)54-17-19-55(20-18-54)59(44-73(94)95)45-74(96)97/h1-5,9-28,42,46-47,59,66-67,89-90H,6-8,29-41,43-45,48-50H2,(H,82,91)(H,83,98)(H,84,99)(H,85,100)(H,86,92)(H,87,102)(H,94,95)(H,96,97)/b28-27+/t66-,67-,80-/m0/s1. The van der Waals surface area contributed by atoms with Gasteiger partial charge in [0.05, 0.1) is 56.7 Å². The first-order chi connectivity index (χ1) is 51.7. The number of carbonyl (C=O) groups is 10. The number of rotatable bonds is 26. The first-order valence-corrected chi connectivity index (χ1v) is 35.6. The largest absolute Gasteiger partial charge is 0.508 e. The van der Waals surface area contributed by atoms with Crippen LogP contribution in [-0.4, -0.2) is 169 Å². The lowest BCUT2D eigenvalue weighted by atomic mass is 9.74. The first kappa shape index (κ1) is 76.4. The maximum absolute atomic E-state index is 15.1. The fraction of sp³-hybridized carbons (Fsp3) is 0.333. The number of nitrogens with zero attached hydrogens (tertiary/aromatic N) is 1. The molecule has 3 atom stereocenters. The van der Waals surface area contributed by atoms with Gasteiger partial charge in [0.2, 0.25) is 35.4 Å². The summed E-state index contributed by atoms with van der Waals surface area (Å²) in [4.78, 5) is 136. The van der Waals surface area contributed by atoms with Crippen molar-refractivity contribution in [3.05, 3.63) is 226 Å². The van der Waals surface area contributed by atoms with Crippen molar-refractivity contribution < 1.29 is 92.1 Å². The molecule has 7 amide bonds. The zero-order valence-corrected chi connectivity index (χ0v) is 58.8. The lowest BCUT2D eigenvalue weighted by molar-refractivity contribution is -0.142. The van der Waals surface area contributed by atoms with E-state index in [1.807, 2.05) is 54.6 Å². The SMILES string of the molecule is O=C(O)CC(CC(=O)O)c1ccc(-c2ccc(C[C@@H]3NC(=O)[C@]4(Cc5ccccc5)CCCN(C4)C(=O)/C=C/C(=O)NCC[C@@H](C(=O)NCCCOCCOCCOCCCNC(=O)c4ccc5c(c4)C(=O)OC54c5ccc(O)cc5Oc5cc(O)ccc54)NC(=O)Cc4ccccc4CNC3=O)cc2)cc1. The Kier molecular flexibility index (Phi) is 25.6. The second-order valence-corrected chi connectivity index (χ2v) is 26.8. The second kappa shape index (κ2) is 35.8. The van der Waals surface area contributed by atoms with Crippen LogP contribution in [0.4, 0.5) is 0 Å². The van der Waals surface area contributed by atoms with Crippen LogP contribution in [0.2, 0.25) is 0 Å². The summed E-state index contributed by atoms with van der Waals surface area (Å²) in [6.45, 7) is 2.34. The van der Waals surface area contributed by atoms with Gasteiger partial charge in [-0.15, -0.1) is 0 Å². The number of fused-ring (bicyclic) bond motifs is 9. The number of carbonyl (C=O) groups excluding carboxylic acids is 8. The molecule has 107 heavy (non-hydrogen) atoms. The Hall–Kier alpha value is -11.7. The van der Waals surface area contributed by atoms with Gasteiger partial charge in [-0.25, -0.2) is 4.79 Å². The molecular formula is C81H85N7O19. The van der Waals surface area contributed by atoms with Gasteiger partial charge < -0.3 is 80.9 Å². The third-order valence-corrected chi connectivity index (χ3v) is 19.3. The summed E-state index contributed by atoms with van der Waals surface area (Å²) in [6, 6.07) is 42.2. The number of hydrogen-bond donors (Lipinski definition) is 10. The van der Waals surface area contributed by atoms with Gasteiger partial charge in [-0.2, -0.15) is 0 Å². The number of nitrogens with one attached hydrogen (secondary N) is 6. The maximum atomic E-state index is 15.1. The Bertz CT molecular complexity index is 4390. The lowest BCUT2D eigenvalue weighted by Crippen LogP contribution is -2.58. The van der Waals surface area contributed by atoms with Crippen LogP contribution in [0.25, 0.3) is 11.1 Å². The fourth-order valence-electron chi connectivity index (χ4n) is 13.9. The molecule has 4 aliphatic rings. The average Bonchev–Trinajstić information content (AvgIpc) is 1.59. The fourth-order valence-corrected chi connectivity index (χ4v) is 13.9. The van der Waals surface area contributed by atoms with Crippen LogP contribution in [0, 0.1) is 5.41 Å². The van der Waals surface area contributed by atoms with Crippen molar-refractivity contribution in [2.45, 2.75) is 94.4 Å². The van der Waals surface area contributed by atoms with Crippen molar-refractivity contribution in [1.29, 1.82) is 0 Å². The number of phenols is 2. The first-order valence-electron chi connectivity index (χ1n) is 35.6. The number of benzene rings is 7. The topological polar surface area (TPSA) is 373 Å². The number of carboxylic acids is 2. The average molecular weight is 1460 g/mol. The normalized spacial score (nSPS) is 18.2. The van der Waals surface area contributed by atoms with Crippen molar-refractivity contribution in [2.24, 2.45) is 5.41 Å². The van der Waals surface area contributed by atoms with E-state index in [4.69, 9.17) is 23.7 Å². The van der Waals surface area contributed by atoms with Gasteiger partial charge in [0.1, 0.15) is 35.1 Å². The van der Waals surface area contributed by atoms with E-state index in [-0.39, 0.29) is 138 Å². The number of carboxylic acid groups (broad SMARTS) is 2. The molecule has 26 heteroatoms. The molecule has 1 saturated heterocycles. The number of hydrogen-bond acceptors (Lipinski definition) is 17. The van der Waals surface area contributed by atoms with E-state index >= 15 is 4.79 Å². The highest BCUT2D eigenvalue weighted by molar-refractivity contribution is 6.02. The molecule has 7 aromatic carbocycles. The molecule has 0 unspecified atom stereocenters. The zero-order chi connectivity index (χ0) is 75.5. The molecule has 1 spiro atoms. The molecule has 11 rings (SSSR count). The van der Waals surface area contributed by atoms with Crippen molar-refractivity contribution in [3.63, 3.8) is 0 Å². The van der Waals surface area contributed by atoms with Gasteiger partial charge in [-0.05, 0) is 114 Å². The summed E-state index contributed by atoms with van der Waals surface area (Å²) in [7, 11) is 0. The van der Waals surface area contributed by atoms with Crippen molar-refractivity contribution in [1.82, 2.24) is 36.8 Å². The zero-order valence-electron chi connectivity index (χ0n) is 58.8. The van der Waals surface area contributed by atoms with Crippen LogP contribution in [0.15, 0.2) is 170 Å². The molecule has 558 valence electrons. The second-order valence-electron chi connectivity index (χ2n) is 26.8. The van der Waals surface area contributed by atoms with Crippen LogP contribution in [0.1, 0.15) is 116 Å². The van der Waals surface area contributed by atoms with Gasteiger partial charge >= 0.3 is 17.9 Å². The predicted octanol–water partition coefficient (Wildman–Crippen LogP) is 7.04. The third-order valence-electron chi connectivity index (χ3n) is 19.3. The Morgan fingerprint density at radius 2 is 1.23 bits per heavy atom. The number of amides is 7. The molecule has 10 N–H and O–H groups in total. The summed E-state index contributed by atoms with van der Waals surface area (Å²) < 4.78 is 29.2. The van der Waals surface area contributed by atoms with E-state index in [0.717, 1.165) is 28.8 Å². The van der Waals surface area contributed by atoms with Gasteiger partial charge in [-0.1, -0.05) is 109 Å². The van der Waals surface area contributed by atoms with Crippen molar-refractivity contribution in [2.75, 3.05) is 72.4 Å². The summed E-state index contributed by atoms with van der Waals surface area (Å²) in [5, 5.41) is 56.7. The summed E-state index contributed by atoms with van der Waals surface area (Å²) in [5.41, 5.74) is 3.99. The number of phenolic OH excluding ortho intramolecular Hbond substituents is 2. The van der Waals surface area contributed by atoms with Gasteiger partial charge in [0, 0.05) is 111 Å². The Labute approximate surface area is 617 Å². The number of aromatic hydroxyl groups is 2. The molecule has 7 aromatic rings. The molecule has 0 saturated carbocycles. The minimum atomic E-state index is -1.45. The third kappa shape index (κ3) is 19.6. The molecule has 0 aliphatic carbocycles. The number of piperidine rings is 1. The van der Waals surface area contributed by atoms with E-state index in [1.165, 1.54) is 35.2 Å². The molecule has 2 bridgehead atoms. The monoisotopic (exact) mass is 1460 g/mol. The minimum Gasteiger partial charge on any atom is -0.508 e. The highest BCUT2D eigenvalue weighted by Crippen LogP contribution is 2.57. The number of esters is 1. The smallest absolute Gasteiger partial charge is 0.340 e. The predicted molar refractivity (Wildman–Crippen MR) is 389 cm³/mol. The van der Waals surface area contributed by atoms with Crippen LogP contribution in [-0.2, 0) is 88.7 Å². The molecule has 4 aliphatic heterocycles. The maximum Gasteiger partial charge on any atom is 0.340 e. The Morgan fingerprint density at radius 1 is 0.626 bits per heavy atom. The van der Waals surface area contributed by atoms with E-state index in [2.05, 4.69) is 31.9 Å². The summed E-state index contributed by atoms with van der Waals surface area (Å²) >= 11 is 0. The van der Waals surface area contributed by atoms with Gasteiger partial charge in [0.25, 0.3) is 5.91 Å². The van der Waals surface area contributed by atoms with Crippen LogP contribution in [0.3, 0.4) is 0 Å². The highest BCUT2D eigenvalue weighted by Gasteiger charge is 2.54. The van der Waals surface area contributed by atoms with Crippen LogP contribution in [0.5, 0.6) is 23.0 Å². The van der Waals surface area contributed by atoms with E-state index in [0.29, 0.717) is 77.8 Å². The summed E-state index contributed by atoms with van der Waals surface area (Å²) in [6.07, 6.45) is 3.32. The molecule has 26 nitrogen and oxygen atoms in total. The quantitative estimate of drug-likeness (QED) is 0.0192. The molecule has 0 radical (unpaired) electrons. The van der Waals surface area contributed by atoms with E-state index in [1.54, 1.807) is 72.8 Å². The number of aliphatic carboxylic acids is 2. The van der Waals surface area contributed by atoms with Crippen molar-refractivity contribution in [3.8, 4) is 34.1 Å². The molecule has 4 heterocycles. The van der Waals surface area contributed by atoms with E-state index < -0.39 is 88.3 Å². The molecule has 1 fully saturated rings. The lowest BCUT2D eigenvalue weighted by Gasteiger charge is -2.42. The van der Waals surface area contributed by atoms with Gasteiger partial charge in [0.15, 0.2) is 5.60 Å².